The Morgan fingerprint density at radius 3 is 2.67 bits per heavy atom. The highest BCUT2D eigenvalue weighted by molar-refractivity contribution is 5.85. The fourth-order valence-corrected chi connectivity index (χ4v) is 3.21. The predicted octanol–water partition coefficient (Wildman–Crippen LogP) is 2.51. The molecular weight excluding hydrogens is 304 g/mol. The topological polar surface area (TPSA) is 69.6 Å². The molecule has 1 aromatic carbocycles. The van der Waals surface area contributed by atoms with Crippen molar-refractivity contribution in [3.8, 4) is 0 Å². The number of carboxylic acid groups (broad SMARTS) is 1. The van der Waals surface area contributed by atoms with Gasteiger partial charge >= 0.3 is 5.97 Å². The highest BCUT2D eigenvalue weighted by atomic mass is 16.4. The van der Waals surface area contributed by atoms with E-state index in [9.17, 15) is 14.7 Å². The van der Waals surface area contributed by atoms with Crippen LogP contribution in [0.1, 0.15) is 38.7 Å². The number of nitrogens with one attached hydrogen (secondary N) is 1. The van der Waals surface area contributed by atoms with E-state index in [1.165, 1.54) is 5.56 Å². The molecule has 1 saturated heterocycles. The summed E-state index contributed by atoms with van der Waals surface area (Å²) in [7, 11) is 0. The molecule has 0 saturated carbocycles. The maximum atomic E-state index is 12.5. The quantitative estimate of drug-likeness (QED) is 0.805. The minimum atomic E-state index is -0.949. The first-order valence-electron chi connectivity index (χ1n) is 8.80. The molecule has 5 heteroatoms. The molecule has 0 aliphatic carbocycles. The maximum Gasteiger partial charge on any atom is 0.326 e. The maximum absolute atomic E-state index is 12.5. The fraction of sp³-hybridized carbons (Fsp3) is 0.579. The third-order valence-electron chi connectivity index (χ3n) is 4.90. The van der Waals surface area contributed by atoms with Crippen LogP contribution in [0.2, 0.25) is 0 Å². The number of benzene rings is 1. The number of likely N-dealkylation sites (tertiary alicyclic amines) is 1. The second-order valence-electron chi connectivity index (χ2n) is 6.77. The number of hydrogen-bond acceptors (Lipinski definition) is 3. The summed E-state index contributed by atoms with van der Waals surface area (Å²) in [6.45, 7) is 6.30. The second-order valence-corrected chi connectivity index (χ2v) is 6.77. The Balaban J connectivity index is 1.93. The number of amides is 1. The van der Waals surface area contributed by atoms with Crippen LogP contribution in [0.5, 0.6) is 0 Å². The van der Waals surface area contributed by atoms with Gasteiger partial charge in [0.05, 0.1) is 5.92 Å². The highest BCUT2D eigenvalue weighted by Gasteiger charge is 2.31. The highest BCUT2D eigenvalue weighted by Crippen LogP contribution is 2.20. The van der Waals surface area contributed by atoms with Gasteiger partial charge in [0.1, 0.15) is 6.04 Å². The van der Waals surface area contributed by atoms with E-state index in [1.807, 2.05) is 32.0 Å². The van der Waals surface area contributed by atoms with Crippen LogP contribution in [0.25, 0.3) is 0 Å². The average molecular weight is 332 g/mol. The molecule has 3 atom stereocenters. The second kappa shape index (κ2) is 8.83. The van der Waals surface area contributed by atoms with Crippen LogP contribution in [-0.4, -0.2) is 41.0 Å². The molecule has 0 aromatic heterocycles. The molecule has 2 N–H and O–H groups in total. The van der Waals surface area contributed by atoms with Crippen LogP contribution in [0.3, 0.4) is 0 Å². The molecule has 1 heterocycles. The van der Waals surface area contributed by atoms with E-state index in [-0.39, 0.29) is 17.7 Å². The van der Waals surface area contributed by atoms with Gasteiger partial charge in [-0.1, -0.05) is 50.6 Å². The molecule has 0 spiro atoms. The van der Waals surface area contributed by atoms with E-state index in [1.54, 1.807) is 0 Å². The first-order chi connectivity index (χ1) is 11.5. The third kappa shape index (κ3) is 5.06. The number of aliphatic carboxylic acids is 1. The van der Waals surface area contributed by atoms with Crippen molar-refractivity contribution in [1.29, 1.82) is 0 Å². The summed E-state index contributed by atoms with van der Waals surface area (Å²) in [5.41, 5.74) is 1.24. The van der Waals surface area contributed by atoms with Crippen LogP contribution in [-0.2, 0) is 16.1 Å². The molecule has 1 fully saturated rings. The van der Waals surface area contributed by atoms with Gasteiger partial charge in [-0.05, 0) is 30.9 Å². The SMILES string of the molecule is CC[C@H](C)[C@H](NC(=O)C1CCCN(Cc2ccccc2)C1)C(=O)O. The third-order valence-corrected chi connectivity index (χ3v) is 4.90. The molecule has 1 aliphatic rings. The number of hydrogen-bond donors (Lipinski definition) is 2. The van der Waals surface area contributed by atoms with Gasteiger partial charge in [-0.2, -0.15) is 0 Å². The number of carbonyl (C=O) groups is 2. The van der Waals surface area contributed by atoms with Gasteiger partial charge < -0.3 is 10.4 Å². The zero-order valence-electron chi connectivity index (χ0n) is 14.6. The molecule has 2 rings (SSSR count). The van der Waals surface area contributed by atoms with Crippen molar-refractivity contribution in [2.45, 2.75) is 45.7 Å². The lowest BCUT2D eigenvalue weighted by Crippen LogP contribution is -2.50. The molecule has 132 valence electrons. The molecule has 1 amide bonds. The zero-order valence-corrected chi connectivity index (χ0v) is 14.6. The van der Waals surface area contributed by atoms with Gasteiger partial charge in [0.25, 0.3) is 0 Å². The van der Waals surface area contributed by atoms with E-state index in [0.717, 1.165) is 32.4 Å². The standard InChI is InChI=1S/C19H28N2O3/c1-3-14(2)17(19(23)24)20-18(22)16-10-7-11-21(13-16)12-15-8-5-4-6-9-15/h4-6,8-9,14,16-17H,3,7,10-13H2,1-2H3,(H,20,22)(H,23,24)/t14-,16?,17-/m0/s1. The predicted molar refractivity (Wildman–Crippen MR) is 93.5 cm³/mol. The molecule has 1 aliphatic heterocycles. The van der Waals surface area contributed by atoms with Crippen molar-refractivity contribution >= 4 is 11.9 Å². The van der Waals surface area contributed by atoms with Crippen LogP contribution in [0.4, 0.5) is 0 Å². The Morgan fingerprint density at radius 1 is 1.33 bits per heavy atom. The van der Waals surface area contributed by atoms with Crippen LogP contribution in [0, 0.1) is 11.8 Å². The smallest absolute Gasteiger partial charge is 0.326 e. The lowest BCUT2D eigenvalue weighted by atomic mass is 9.94. The molecule has 0 bridgehead atoms. The van der Waals surface area contributed by atoms with E-state index in [0.29, 0.717) is 6.54 Å². The van der Waals surface area contributed by atoms with Crippen molar-refractivity contribution in [2.24, 2.45) is 11.8 Å². The summed E-state index contributed by atoms with van der Waals surface area (Å²) in [4.78, 5) is 26.2. The van der Waals surface area contributed by atoms with Gasteiger partial charge in [0.2, 0.25) is 5.91 Å². The van der Waals surface area contributed by atoms with E-state index in [2.05, 4.69) is 22.3 Å². The number of carboxylic acids is 1. The largest absolute Gasteiger partial charge is 0.480 e. The van der Waals surface area contributed by atoms with Crippen molar-refractivity contribution in [3.63, 3.8) is 0 Å². The van der Waals surface area contributed by atoms with E-state index >= 15 is 0 Å². The molecular formula is C19H28N2O3. The first-order valence-corrected chi connectivity index (χ1v) is 8.80. The Hall–Kier alpha value is -1.88. The van der Waals surface area contributed by atoms with E-state index in [4.69, 9.17) is 0 Å². The van der Waals surface area contributed by atoms with Crippen molar-refractivity contribution in [2.75, 3.05) is 13.1 Å². The number of carbonyl (C=O) groups excluding carboxylic acids is 1. The lowest BCUT2D eigenvalue weighted by molar-refractivity contribution is -0.144. The average Bonchev–Trinajstić information content (AvgIpc) is 2.59. The minimum absolute atomic E-state index is 0.0736. The number of piperidine rings is 1. The Kier molecular flexibility index (Phi) is 6.79. The Morgan fingerprint density at radius 2 is 2.04 bits per heavy atom. The fourth-order valence-electron chi connectivity index (χ4n) is 3.21. The molecule has 1 aromatic rings. The number of nitrogens with zero attached hydrogens (tertiary/aromatic N) is 1. The summed E-state index contributed by atoms with van der Waals surface area (Å²) in [5.74, 6) is -1.28. The molecule has 24 heavy (non-hydrogen) atoms. The summed E-state index contributed by atoms with van der Waals surface area (Å²) in [6.07, 6.45) is 2.51. The number of rotatable bonds is 7. The minimum Gasteiger partial charge on any atom is -0.480 e. The molecule has 0 radical (unpaired) electrons. The van der Waals surface area contributed by atoms with Gasteiger partial charge in [-0.3, -0.25) is 9.69 Å². The van der Waals surface area contributed by atoms with E-state index < -0.39 is 12.0 Å². The summed E-state index contributed by atoms with van der Waals surface area (Å²) < 4.78 is 0. The lowest BCUT2D eigenvalue weighted by Gasteiger charge is -2.33. The van der Waals surface area contributed by atoms with Crippen LogP contribution in [0.15, 0.2) is 30.3 Å². The van der Waals surface area contributed by atoms with Crippen molar-refractivity contribution < 1.29 is 14.7 Å². The Labute approximate surface area is 144 Å². The molecule has 5 nitrogen and oxygen atoms in total. The summed E-state index contributed by atoms with van der Waals surface area (Å²) in [6, 6.07) is 9.42. The first kappa shape index (κ1) is 18.5. The van der Waals surface area contributed by atoms with Crippen molar-refractivity contribution in [1.82, 2.24) is 10.2 Å². The van der Waals surface area contributed by atoms with Gasteiger partial charge in [-0.25, -0.2) is 4.79 Å². The summed E-state index contributed by atoms with van der Waals surface area (Å²) in [5, 5.41) is 12.1. The van der Waals surface area contributed by atoms with Gasteiger partial charge in [0.15, 0.2) is 0 Å². The summed E-state index contributed by atoms with van der Waals surface area (Å²) >= 11 is 0. The Bertz CT molecular complexity index is 547. The van der Waals surface area contributed by atoms with Crippen LogP contribution < -0.4 is 5.32 Å². The van der Waals surface area contributed by atoms with Gasteiger partial charge in [-0.15, -0.1) is 0 Å². The molecule has 1 unspecified atom stereocenters. The monoisotopic (exact) mass is 332 g/mol. The van der Waals surface area contributed by atoms with Crippen LogP contribution >= 0.6 is 0 Å². The van der Waals surface area contributed by atoms with Gasteiger partial charge in [0, 0.05) is 13.1 Å². The zero-order chi connectivity index (χ0) is 17.5. The van der Waals surface area contributed by atoms with Crippen molar-refractivity contribution in [3.05, 3.63) is 35.9 Å². The normalized spacial score (nSPS) is 21.0.